The zero-order valence-corrected chi connectivity index (χ0v) is 48.3. The highest BCUT2D eigenvalue weighted by molar-refractivity contribution is 8.00. The molecule has 0 heterocycles. The molecule has 0 aromatic carbocycles. The Kier molecular flexibility index (Phi) is 18.7. The summed E-state index contributed by atoms with van der Waals surface area (Å²) in [4.78, 5) is 65.4. The Morgan fingerprint density at radius 1 is 0.667 bits per heavy atom. The highest BCUT2D eigenvalue weighted by Crippen LogP contribution is 2.70. The van der Waals surface area contributed by atoms with Crippen LogP contribution in [-0.4, -0.2) is 127 Å². The fourth-order valence-electron chi connectivity index (χ4n) is 16.9. The van der Waals surface area contributed by atoms with E-state index < -0.39 is 64.4 Å². The molecule has 7 N–H and O–H groups in total. The molecule has 0 saturated heterocycles. The lowest BCUT2D eigenvalue weighted by Gasteiger charge is -2.61. The third-order valence-corrected chi connectivity index (χ3v) is 24.9. The van der Waals surface area contributed by atoms with Crippen molar-refractivity contribution in [1.29, 1.82) is 0 Å². The van der Waals surface area contributed by atoms with Crippen molar-refractivity contribution < 1.29 is 58.6 Å². The average Bonchev–Trinajstić information content (AvgIpc) is 3.92. The molecule has 424 valence electrons. The van der Waals surface area contributed by atoms with E-state index >= 15 is 0 Å². The van der Waals surface area contributed by atoms with Crippen molar-refractivity contribution in [1.82, 2.24) is 5.32 Å². The molecule has 8 aliphatic carbocycles. The number of nitrogens with two attached hydrogens (primary N) is 1. The summed E-state index contributed by atoms with van der Waals surface area (Å²) >= 11 is 2.83. The first-order chi connectivity index (χ1) is 35.2. The van der Waals surface area contributed by atoms with Crippen LogP contribution in [-0.2, 0) is 33.4 Å². The van der Waals surface area contributed by atoms with E-state index in [9.17, 15) is 44.4 Å². The molecule has 0 aliphatic heterocycles. The Balaban J connectivity index is 0.000000221. The Labute approximate surface area is 456 Å². The number of nitrogens with one attached hydrogen (secondary N) is 1. The van der Waals surface area contributed by atoms with Gasteiger partial charge in [0.05, 0.1) is 42.5 Å². The van der Waals surface area contributed by atoms with E-state index in [4.69, 9.17) is 19.9 Å². The molecule has 75 heavy (non-hydrogen) atoms. The number of rotatable bonds is 12. The third-order valence-electron chi connectivity index (χ3n) is 22.1. The second-order valence-electron chi connectivity index (χ2n) is 25.9. The Bertz CT molecular complexity index is 2130. The monoisotopic (exact) mass is 1090 g/mol. The van der Waals surface area contributed by atoms with Crippen LogP contribution in [0, 0.1) is 68.0 Å². The van der Waals surface area contributed by atoms with Crippen molar-refractivity contribution in [2.45, 2.75) is 224 Å². The number of alkyl carbamates (subject to hydrolysis) is 1. The Morgan fingerprint density at radius 3 is 1.49 bits per heavy atom. The number of carbonyl (C=O) groups excluding carboxylic acids is 5. The molecule has 14 nitrogen and oxygen atoms in total. The number of aliphatic hydroxyl groups excluding tert-OH is 4. The summed E-state index contributed by atoms with van der Waals surface area (Å²) in [5.41, 5.74) is 3.06. The van der Waals surface area contributed by atoms with Gasteiger partial charge in [0.2, 0.25) is 0 Å². The van der Waals surface area contributed by atoms with Gasteiger partial charge in [-0.25, -0.2) is 4.79 Å². The Hall–Kier alpha value is -2.47. The lowest BCUT2D eigenvalue weighted by molar-refractivity contribution is -0.205. The minimum Gasteiger partial charge on any atom is -0.461 e. The van der Waals surface area contributed by atoms with Gasteiger partial charge >= 0.3 is 18.0 Å². The molecule has 16 heteroatoms. The van der Waals surface area contributed by atoms with Crippen LogP contribution in [0.4, 0.5) is 4.79 Å². The lowest BCUT2D eigenvalue weighted by Crippen LogP contribution is -2.63. The van der Waals surface area contributed by atoms with Gasteiger partial charge in [0.1, 0.15) is 23.8 Å². The molecule has 2 unspecified atom stereocenters. The number of hydrogen-bond acceptors (Lipinski definition) is 15. The van der Waals surface area contributed by atoms with Gasteiger partial charge in [0.25, 0.3) is 0 Å². The predicted molar refractivity (Wildman–Crippen MR) is 293 cm³/mol. The molecule has 0 spiro atoms. The molecule has 22 atom stereocenters. The van der Waals surface area contributed by atoms with Gasteiger partial charge in [-0.05, 0) is 131 Å². The first-order valence-corrected chi connectivity index (χ1v) is 30.7. The lowest BCUT2D eigenvalue weighted by atomic mass is 9.44. The summed E-state index contributed by atoms with van der Waals surface area (Å²) in [6.07, 6.45) is 10.7. The summed E-state index contributed by atoms with van der Waals surface area (Å²) in [7, 11) is 0. The van der Waals surface area contributed by atoms with Crippen molar-refractivity contribution in [3.05, 3.63) is 25.3 Å². The number of aliphatic hydroxyl groups is 4. The summed E-state index contributed by atoms with van der Waals surface area (Å²) < 4.78 is 17.6. The minimum atomic E-state index is -0.694. The fourth-order valence-corrected chi connectivity index (χ4v) is 19.0. The fraction of sp³-hybridized carbons (Fsp3) is 0.847. The predicted octanol–water partition coefficient (Wildman–Crippen LogP) is 8.52. The van der Waals surface area contributed by atoms with Gasteiger partial charge in [0.15, 0.2) is 0 Å². The summed E-state index contributed by atoms with van der Waals surface area (Å²) in [6.45, 7) is 27.0. The number of esters is 2. The maximum absolute atomic E-state index is 13.5. The molecule has 8 fully saturated rings. The molecule has 8 saturated carbocycles. The van der Waals surface area contributed by atoms with Crippen LogP contribution in [0.15, 0.2) is 25.3 Å². The maximum Gasteiger partial charge on any atom is 0.407 e. The van der Waals surface area contributed by atoms with Gasteiger partial charge in [-0.15, -0.1) is 36.7 Å². The number of ketones is 2. The number of thioether (sulfide) groups is 2. The van der Waals surface area contributed by atoms with E-state index in [1.165, 1.54) is 23.5 Å². The third kappa shape index (κ3) is 11.1. The van der Waals surface area contributed by atoms with Crippen molar-refractivity contribution in [3.63, 3.8) is 0 Å². The molecule has 0 radical (unpaired) electrons. The normalized spacial score (nSPS) is 47.4. The molecule has 8 rings (SSSR count). The van der Waals surface area contributed by atoms with E-state index in [-0.39, 0.29) is 104 Å². The molecular formula is C59H94N2O12S2. The van der Waals surface area contributed by atoms with E-state index in [1.807, 2.05) is 19.9 Å². The summed E-state index contributed by atoms with van der Waals surface area (Å²) in [6, 6.07) is -0.138. The second kappa shape index (κ2) is 23.3. The van der Waals surface area contributed by atoms with Crippen molar-refractivity contribution in [3.8, 4) is 0 Å². The zero-order chi connectivity index (χ0) is 55.2. The summed E-state index contributed by atoms with van der Waals surface area (Å²) in [5, 5.41) is 47.0. The van der Waals surface area contributed by atoms with Crippen LogP contribution in [0.5, 0.6) is 0 Å². The van der Waals surface area contributed by atoms with E-state index in [2.05, 4.69) is 60.0 Å². The number of amides is 1. The molecule has 1 amide bonds. The van der Waals surface area contributed by atoms with Gasteiger partial charge < -0.3 is 45.7 Å². The highest BCUT2D eigenvalue weighted by Gasteiger charge is 2.70. The molecule has 8 aliphatic rings. The van der Waals surface area contributed by atoms with Crippen molar-refractivity contribution >= 4 is 53.1 Å². The first-order valence-electron chi connectivity index (χ1n) is 28.6. The van der Waals surface area contributed by atoms with Crippen LogP contribution in [0.25, 0.3) is 0 Å². The van der Waals surface area contributed by atoms with Gasteiger partial charge in [-0.3, -0.25) is 19.2 Å². The van der Waals surface area contributed by atoms with E-state index in [0.29, 0.717) is 58.0 Å². The smallest absolute Gasteiger partial charge is 0.407 e. The standard InChI is InChI=1S/C31H49NO7S.C28H45NO5S/c1-7-29(5)16-24(30(6)18(3)11-13-31(19(4)27(29)36)14-12-21(33)26(30)31)39-25(35)17-40-23-10-9-20(15-22(23)34)32-28(37)38-8-2;1-6-26(4)14-22(34-23(32)15-35-21-8-7-18(29)13-20(21)31)27(5)16(2)9-11-28(17(3)25(26)33)12-10-19(30)24(27)28/h7,18-20,22-24,26-27,34,36H,1,8-17H2,2-6H3,(H,32,37);6,16-18,20-22,24-25,31,33H,1,7-15,29H2,2-5H3/t18?,19-,20+,22+,23+,24+,26-,27-,29+,30-,31-;16?,17-,18+,20+,21+,22+,24-,25-,26+,27-,28-/m00/s1. The summed E-state index contributed by atoms with van der Waals surface area (Å²) in [5.74, 6) is -0.116. The van der Waals surface area contributed by atoms with Gasteiger partial charge in [0, 0.05) is 68.9 Å². The zero-order valence-electron chi connectivity index (χ0n) is 46.7. The molecular weight excluding hydrogens is 993 g/mol. The minimum absolute atomic E-state index is 0.0194. The van der Waals surface area contributed by atoms with Crippen LogP contribution in [0.2, 0.25) is 0 Å². The number of carbonyl (C=O) groups is 5. The quantitative estimate of drug-likeness (QED) is 0.0611. The molecule has 0 aromatic heterocycles. The van der Waals surface area contributed by atoms with Gasteiger partial charge in [-0.2, -0.15) is 0 Å². The van der Waals surface area contributed by atoms with Gasteiger partial charge in [-0.1, -0.05) is 67.5 Å². The van der Waals surface area contributed by atoms with Crippen LogP contribution in [0.1, 0.15) is 165 Å². The second-order valence-corrected chi connectivity index (χ2v) is 28.4. The van der Waals surface area contributed by atoms with Crippen LogP contribution in [0.3, 0.4) is 0 Å². The van der Waals surface area contributed by atoms with Crippen LogP contribution < -0.4 is 11.1 Å². The largest absolute Gasteiger partial charge is 0.461 e. The van der Waals surface area contributed by atoms with E-state index in [0.717, 1.165) is 51.4 Å². The first kappa shape index (κ1) is 60.2. The Morgan fingerprint density at radius 2 is 1.09 bits per heavy atom. The highest BCUT2D eigenvalue weighted by atomic mass is 32.2. The maximum atomic E-state index is 13.5. The van der Waals surface area contributed by atoms with Crippen molar-refractivity contribution in [2.24, 2.45) is 73.7 Å². The molecule has 4 bridgehead atoms. The SMILES string of the molecule is C=C[C@]1(C)C[C@@H](OC(=O)CS[C@@H]2CC[C@@H](N)C[C@H]2O)[C@]2(C)C(C)CC[C@]3(CCC(=O)[C@H]32)[C@@H](C)[C@@H]1O.C=C[C@]1(C)C[C@@H](OC(=O)CS[C@@H]2CC[C@@H](NC(=O)OCC)C[C@H]2O)[C@]2(C)C(C)CC[C@]3(CCC(=O)[C@H]32)[C@@H](C)[C@@H]1O. The number of ether oxygens (including phenoxy) is 3. The van der Waals surface area contributed by atoms with E-state index in [1.54, 1.807) is 13.0 Å². The topological polar surface area (TPSA) is 232 Å². The van der Waals surface area contributed by atoms with Crippen molar-refractivity contribution in [2.75, 3.05) is 18.1 Å². The number of hydrogen-bond donors (Lipinski definition) is 6. The average molecular weight is 1090 g/mol. The van der Waals surface area contributed by atoms with Crippen LogP contribution >= 0.6 is 23.5 Å². The molecule has 0 aromatic rings. The number of Topliss-reactive ketones (excluding diaryl/α,β-unsaturated/α-hetero) is 2.